The zero-order valence-corrected chi connectivity index (χ0v) is 14.4. The molecule has 0 radical (unpaired) electrons. The van der Waals surface area contributed by atoms with Gasteiger partial charge in [-0.25, -0.2) is 0 Å². The van der Waals surface area contributed by atoms with E-state index in [0.717, 1.165) is 35.1 Å². The van der Waals surface area contributed by atoms with Crippen molar-refractivity contribution in [3.8, 4) is 11.4 Å². The smallest absolute Gasteiger partial charge is 0.234 e. The molecule has 6 heteroatoms. The number of carbonyl (C=O) groups excluding carboxylic acids is 1. The second kappa shape index (κ2) is 7.11. The van der Waals surface area contributed by atoms with Crippen molar-refractivity contribution in [2.24, 2.45) is 0 Å². The van der Waals surface area contributed by atoms with Crippen molar-refractivity contribution in [3.05, 3.63) is 60.7 Å². The van der Waals surface area contributed by atoms with E-state index in [1.807, 2.05) is 60.7 Å². The molecular formula is C19H18N4OS. The second-order valence-electron chi connectivity index (χ2n) is 5.98. The molecule has 1 N–H and O–H groups in total. The molecule has 1 aliphatic rings. The van der Waals surface area contributed by atoms with Gasteiger partial charge in [-0.05, 0) is 25.0 Å². The predicted molar refractivity (Wildman–Crippen MR) is 99.5 cm³/mol. The van der Waals surface area contributed by atoms with E-state index in [2.05, 4.69) is 20.1 Å². The standard InChI is InChI=1S/C19H18N4OS/c24-17(20-15-9-5-2-6-10-15)13-25-19-22-21-18(23(19)16-11-12-16)14-7-3-1-4-8-14/h1-10,16H,11-13H2,(H,20,24). The summed E-state index contributed by atoms with van der Waals surface area (Å²) in [6, 6.07) is 20.0. The average molecular weight is 350 g/mol. The maximum atomic E-state index is 12.2. The number of hydrogen-bond donors (Lipinski definition) is 1. The molecule has 1 heterocycles. The Morgan fingerprint density at radius 1 is 1.04 bits per heavy atom. The van der Waals surface area contributed by atoms with Crippen LogP contribution in [0.4, 0.5) is 5.69 Å². The minimum absolute atomic E-state index is 0.0391. The minimum atomic E-state index is -0.0391. The van der Waals surface area contributed by atoms with Gasteiger partial charge in [0, 0.05) is 17.3 Å². The predicted octanol–water partition coefficient (Wildman–Crippen LogP) is 4.01. The van der Waals surface area contributed by atoms with Crippen molar-refractivity contribution in [3.63, 3.8) is 0 Å². The molecule has 126 valence electrons. The Balaban J connectivity index is 1.48. The van der Waals surface area contributed by atoms with Crippen LogP contribution in [-0.2, 0) is 4.79 Å². The highest BCUT2D eigenvalue weighted by atomic mass is 32.2. The van der Waals surface area contributed by atoms with E-state index >= 15 is 0 Å². The highest BCUT2D eigenvalue weighted by Crippen LogP contribution is 2.40. The van der Waals surface area contributed by atoms with Gasteiger partial charge in [-0.15, -0.1) is 10.2 Å². The van der Waals surface area contributed by atoms with Crippen molar-refractivity contribution < 1.29 is 4.79 Å². The molecule has 0 aliphatic heterocycles. The summed E-state index contributed by atoms with van der Waals surface area (Å²) in [7, 11) is 0. The average Bonchev–Trinajstić information content (AvgIpc) is 3.40. The lowest BCUT2D eigenvalue weighted by Crippen LogP contribution is -2.14. The van der Waals surface area contributed by atoms with E-state index in [1.165, 1.54) is 11.8 Å². The fourth-order valence-electron chi connectivity index (χ4n) is 2.67. The third-order valence-electron chi connectivity index (χ3n) is 4.00. The maximum absolute atomic E-state index is 12.2. The summed E-state index contributed by atoms with van der Waals surface area (Å²) in [5.41, 5.74) is 1.87. The molecular weight excluding hydrogens is 332 g/mol. The number of aromatic nitrogens is 3. The summed E-state index contributed by atoms with van der Waals surface area (Å²) in [6.45, 7) is 0. The monoisotopic (exact) mass is 350 g/mol. The topological polar surface area (TPSA) is 59.8 Å². The summed E-state index contributed by atoms with van der Waals surface area (Å²) in [6.07, 6.45) is 2.28. The zero-order valence-electron chi connectivity index (χ0n) is 13.6. The number of nitrogens with one attached hydrogen (secondary N) is 1. The quantitative estimate of drug-likeness (QED) is 0.682. The lowest BCUT2D eigenvalue weighted by molar-refractivity contribution is -0.113. The Kier molecular flexibility index (Phi) is 4.52. The van der Waals surface area contributed by atoms with Gasteiger partial charge in [0.2, 0.25) is 5.91 Å². The van der Waals surface area contributed by atoms with Gasteiger partial charge in [-0.3, -0.25) is 9.36 Å². The van der Waals surface area contributed by atoms with Crippen LogP contribution in [0.25, 0.3) is 11.4 Å². The van der Waals surface area contributed by atoms with Crippen LogP contribution >= 0.6 is 11.8 Å². The molecule has 4 rings (SSSR count). The Labute approximate surface area is 150 Å². The van der Waals surface area contributed by atoms with Crippen molar-refractivity contribution in [1.29, 1.82) is 0 Å². The SMILES string of the molecule is O=C(CSc1nnc(-c2ccccc2)n1C1CC1)Nc1ccccc1. The normalized spacial score (nSPS) is 13.6. The fraction of sp³-hybridized carbons (Fsp3) is 0.211. The van der Waals surface area contributed by atoms with Crippen LogP contribution < -0.4 is 5.32 Å². The van der Waals surface area contributed by atoms with E-state index in [0.29, 0.717) is 11.8 Å². The molecule has 0 spiro atoms. The molecule has 0 atom stereocenters. The molecule has 1 aliphatic carbocycles. The molecule has 0 unspecified atom stereocenters. The summed E-state index contributed by atoms with van der Waals surface area (Å²) in [5, 5.41) is 12.4. The molecule has 5 nitrogen and oxygen atoms in total. The van der Waals surface area contributed by atoms with Gasteiger partial charge >= 0.3 is 0 Å². The molecule has 1 aromatic heterocycles. The fourth-order valence-corrected chi connectivity index (χ4v) is 3.48. The van der Waals surface area contributed by atoms with Gasteiger partial charge in [0.05, 0.1) is 5.75 Å². The number of para-hydroxylation sites is 1. The van der Waals surface area contributed by atoms with Crippen molar-refractivity contribution >= 4 is 23.4 Å². The van der Waals surface area contributed by atoms with Crippen molar-refractivity contribution in [2.45, 2.75) is 24.0 Å². The van der Waals surface area contributed by atoms with Crippen LogP contribution in [0.3, 0.4) is 0 Å². The first-order chi connectivity index (χ1) is 12.3. The second-order valence-corrected chi connectivity index (χ2v) is 6.92. The van der Waals surface area contributed by atoms with Crippen LogP contribution in [-0.4, -0.2) is 26.4 Å². The van der Waals surface area contributed by atoms with E-state index in [-0.39, 0.29) is 5.91 Å². The van der Waals surface area contributed by atoms with Crippen LogP contribution in [0.15, 0.2) is 65.8 Å². The molecule has 3 aromatic rings. The Hall–Kier alpha value is -2.60. The third-order valence-corrected chi connectivity index (χ3v) is 4.94. The largest absolute Gasteiger partial charge is 0.325 e. The van der Waals surface area contributed by atoms with Crippen LogP contribution in [0.5, 0.6) is 0 Å². The molecule has 1 saturated carbocycles. The first-order valence-corrected chi connectivity index (χ1v) is 9.28. The van der Waals surface area contributed by atoms with Crippen molar-refractivity contribution in [2.75, 3.05) is 11.1 Å². The minimum Gasteiger partial charge on any atom is -0.325 e. The van der Waals surface area contributed by atoms with Gasteiger partial charge in [0.25, 0.3) is 0 Å². The number of amides is 1. The van der Waals surface area contributed by atoms with Crippen LogP contribution in [0.2, 0.25) is 0 Å². The van der Waals surface area contributed by atoms with E-state index in [1.54, 1.807) is 0 Å². The summed E-state index contributed by atoms with van der Waals surface area (Å²) < 4.78 is 2.18. The van der Waals surface area contributed by atoms with Gasteiger partial charge < -0.3 is 5.32 Å². The maximum Gasteiger partial charge on any atom is 0.234 e. The number of anilines is 1. The number of nitrogens with zero attached hydrogens (tertiary/aromatic N) is 3. The van der Waals surface area contributed by atoms with Gasteiger partial charge in [-0.1, -0.05) is 60.3 Å². The first kappa shape index (κ1) is 15.9. The number of hydrogen-bond acceptors (Lipinski definition) is 4. The number of thioether (sulfide) groups is 1. The Morgan fingerprint density at radius 3 is 2.40 bits per heavy atom. The van der Waals surface area contributed by atoms with E-state index in [4.69, 9.17) is 0 Å². The summed E-state index contributed by atoms with van der Waals surface area (Å²) in [5.74, 6) is 1.16. The molecule has 0 bridgehead atoms. The Morgan fingerprint density at radius 2 is 1.72 bits per heavy atom. The highest BCUT2D eigenvalue weighted by Gasteiger charge is 2.30. The van der Waals surface area contributed by atoms with Crippen LogP contribution in [0, 0.1) is 0 Å². The van der Waals surface area contributed by atoms with Gasteiger partial charge in [0.15, 0.2) is 11.0 Å². The first-order valence-electron chi connectivity index (χ1n) is 8.29. The zero-order chi connectivity index (χ0) is 17.1. The Bertz CT molecular complexity index is 860. The molecule has 0 saturated heterocycles. The number of carbonyl (C=O) groups is 1. The lowest BCUT2D eigenvalue weighted by Gasteiger charge is -2.09. The molecule has 1 amide bonds. The van der Waals surface area contributed by atoms with E-state index in [9.17, 15) is 4.79 Å². The molecule has 25 heavy (non-hydrogen) atoms. The number of benzene rings is 2. The summed E-state index contributed by atoms with van der Waals surface area (Å²) in [4.78, 5) is 12.2. The number of rotatable bonds is 6. The van der Waals surface area contributed by atoms with Crippen LogP contribution in [0.1, 0.15) is 18.9 Å². The molecule has 1 fully saturated rings. The van der Waals surface area contributed by atoms with E-state index < -0.39 is 0 Å². The lowest BCUT2D eigenvalue weighted by atomic mass is 10.2. The summed E-state index contributed by atoms with van der Waals surface area (Å²) >= 11 is 1.44. The van der Waals surface area contributed by atoms with Gasteiger partial charge in [-0.2, -0.15) is 0 Å². The van der Waals surface area contributed by atoms with Gasteiger partial charge in [0.1, 0.15) is 0 Å². The molecule has 2 aromatic carbocycles. The highest BCUT2D eigenvalue weighted by molar-refractivity contribution is 7.99. The van der Waals surface area contributed by atoms with Crippen molar-refractivity contribution in [1.82, 2.24) is 14.8 Å². The third kappa shape index (κ3) is 3.74.